The zero-order valence-corrected chi connectivity index (χ0v) is 11.6. The predicted octanol–water partition coefficient (Wildman–Crippen LogP) is 1.30. The van der Waals surface area contributed by atoms with Crippen LogP contribution in [0.5, 0.6) is 5.75 Å². The van der Waals surface area contributed by atoms with Gasteiger partial charge >= 0.3 is 0 Å². The highest BCUT2D eigenvalue weighted by molar-refractivity contribution is 5.80. The second-order valence-corrected chi connectivity index (χ2v) is 4.47. The molecule has 18 heavy (non-hydrogen) atoms. The molecule has 0 radical (unpaired) electrons. The molecule has 0 heterocycles. The van der Waals surface area contributed by atoms with E-state index >= 15 is 0 Å². The lowest BCUT2D eigenvalue weighted by atomic mass is 10.1. The van der Waals surface area contributed by atoms with E-state index in [4.69, 9.17) is 4.74 Å². The Balaban J connectivity index is 2.44. The van der Waals surface area contributed by atoms with Gasteiger partial charge in [-0.25, -0.2) is 0 Å². The maximum Gasteiger partial charge on any atom is 0.238 e. The van der Waals surface area contributed by atoms with Crippen molar-refractivity contribution in [2.75, 3.05) is 27.7 Å². The largest absolute Gasteiger partial charge is 0.496 e. The van der Waals surface area contributed by atoms with E-state index in [1.807, 2.05) is 31.2 Å². The van der Waals surface area contributed by atoms with E-state index in [2.05, 4.69) is 5.32 Å². The van der Waals surface area contributed by atoms with Gasteiger partial charge in [0.25, 0.3) is 0 Å². The monoisotopic (exact) mass is 250 g/mol. The highest BCUT2D eigenvalue weighted by atomic mass is 16.5. The van der Waals surface area contributed by atoms with Gasteiger partial charge in [-0.15, -0.1) is 0 Å². The summed E-state index contributed by atoms with van der Waals surface area (Å²) in [6.45, 7) is 2.63. The molecule has 0 spiro atoms. The SMILES string of the molecule is COc1ccccc1CCNC(C)C(=O)N(C)C. The van der Waals surface area contributed by atoms with Crippen LogP contribution in [0.3, 0.4) is 0 Å². The number of carbonyl (C=O) groups is 1. The van der Waals surface area contributed by atoms with Crippen molar-refractivity contribution in [3.8, 4) is 5.75 Å². The Morgan fingerprint density at radius 3 is 2.67 bits per heavy atom. The van der Waals surface area contributed by atoms with Gasteiger partial charge in [0.15, 0.2) is 0 Å². The average Bonchev–Trinajstić information content (AvgIpc) is 2.38. The molecule has 0 fully saturated rings. The highest BCUT2D eigenvalue weighted by Crippen LogP contribution is 2.17. The van der Waals surface area contributed by atoms with Crippen molar-refractivity contribution in [3.05, 3.63) is 29.8 Å². The molecular weight excluding hydrogens is 228 g/mol. The van der Waals surface area contributed by atoms with Gasteiger partial charge in [-0.1, -0.05) is 18.2 Å². The molecule has 1 atom stereocenters. The van der Waals surface area contributed by atoms with Crippen molar-refractivity contribution in [2.24, 2.45) is 0 Å². The van der Waals surface area contributed by atoms with E-state index in [1.54, 1.807) is 26.1 Å². The molecule has 0 aliphatic rings. The Kier molecular flexibility index (Phi) is 5.65. The molecule has 1 N–H and O–H groups in total. The number of amides is 1. The number of hydrogen-bond acceptors (Lipinski definition) is 3. The Morgan fingerprint density at radius 2 is 2.06 bits per heavy atom. The number of benzene rings is 1. The molecule has 1 rings (SSSR count). The predicted molar refractivity (Wildman–Crippen MR) is 72.9 cm³/mol. The smallest absolute Gasteiger partial charge is 0.238 e. The molecule has 0 aromatic heterocycles. The lowest BCUT2D eigenvalue weighted by molar-refractivity contribution is -0.130. The standard InChI is InChI=1S/C14H22N2O2/c1-11(14(17)16(2)3)15-10-9-12-7-5-6-8-13(12)18-4/h5-8,11,15H,9-10H2,1-4H3. The lowest BCUT2D eigenvalue weighted by Gasteiger charge is -2.18. The van der Waals surface area contributed by atoms with Crippen molar-refractivity contribution in [1.82, 2.24) is 10.2 Å². The van der Waals surface area contributed by atoms with Crippen LogP contribution in [0.1, 0.15) is 12.5 Å². The minimum absolute atomic E-state index is 0.0926. The first kappa shape index (κ1) is 14.5. The van der Waals surface area contributed by atoms with Crippen LogP contribution in [-0.4, -0.2) is 44.6 Å². The molecule has 4 nitrogen and oxygen atoms in total. The van der Waals surface area contributed by atoms with Crippen LogP contribution < -0.4 is 10.1 Å². The van der Waals surface area contributed by atoms with Gasteiger partial charge in [0.2, 0.25) is 5.91 Å². The Morgan fingerprint density at radius 1 is 1.39 bits per heavy atom. The Labute approximate surface area is 109 Å². The number of nitrogens with one attached hydrogen (secondary N) is 1. The third kappa shape index (κ3) is 4.04. The molecule has 4 heteroatoms. The van der Waals surface area contributed by atoms with E-state index in [-0.39, 0.29) is 11.9 Å². The van der Waals surface area contributed by atoms with Crippen LogP contribution in [-0.2, 0) is 11.2 Å². The Hall–Kier alpha value is -1.55. The van der Waals surface area contributed by atoms with Crippen LogP contribution in [0.25, 0.3) is 0 Å². The number of rotatable bonds is 6. The Bertz CT molecular complexity index is 391. The van der Waals surface area contributed by atoms with Crippen molar-refractivity contribution in [2.45, 2.75) is 19.4 Å². The minimum Gasteiger partial charge on any atom is -0.496 e. The summed E-state index contributed by atoms with van der Waals surface area (Å²) in [6, 6.07) is 7.78. The number of carbonyl (C=O) groups excluding carboxylic acids is 1. The lowest BCUT2D eigenvalue weighted by Crippen LogP contribution is -2.42. The summed E-state index contributed by atoms with van der Waals surface area (Å²) in [5.74, 6) is 0.987. The third-order valence-corrected chi connectivity index (χ3v) is 2.85. The molecule has 1 unspecified atom stereocenters. The summed E-state index contributed by atoms with van der Waals surface area (Å²) in [6.07, 6.45) is 0.842. The fourth-order valence-electron chi connectivity index (χ4n) is 1.81. The van der Waals surface area contributed by atoms with Crippen LogP contribution in [0.4, 0.5) is 0 Å². The first-order valence-corrected chi connectivity index (χ1v) is 6.12. The molecule has 1 aromatic carbocycles. The van der Waals surface area contributed by atoms with Crippen molar-refractivity contribution in [1.29, 1.82) is 0 Å². The molecule has 0 saturated heterocycles. The fraction of sp³-hybridized carbons (Fsp3) is 0.500. The quantitative estimate of drug-likeness (QED) is 0.827. The molecule has 100 valence electrons. The molecule has 1 aromatic rings. The zero-order valence-electron chi connectivity index (χ0n) is 11.6. The van der Waals surface area contributed by atoms with Crippen molar-refractivity contribution < 1.29 is 9.53 Å². The summed E-state index contributed by atoms with van der Waals surface area (Å²) in [5, 5.41) is 3.22. The maximum atomic E-state index is 11.6. The van der Waals surface area contributed by atoms with Crippen molar-refractivity contribution >= 4 is 5.91 Å². The second kappa shape index (κ2) is 7.01. The zero-order chi connectivity index (χ0) is 13.5. The highest BCUT2D eigenvalue weighted by Gasteiger charge is 2.13. The van der Waals surface area contributed by atoms with Gasteiger partial charge in [-0.05, 0) is 25.0 Å². The second-order valence-electron chi connectivity index (χ2n) is 4.47. The first-order valence-electron chi connectivity index (χ1n) is 6.12. The summed E-state index contributed by atoms with van der Waals surface area (Å²) in [4.78, 5) is 13.2. The fourth-order valence-corrected chi connectivity index (χ4v) is 1.81. The summed E-state index contributed by atoms with van der Waals surface area (Å²) < 4.78 is 5.29. The molecule has 0 bridgehead atoms. The van der Waals surface area contributed by atoms with E-state index in [9.17, 15) is 4.79 Å². The van der Waals surface area contributed by atoms with Gasteiger partial charge < -0.3 is 15.0 Å². The van der Waals surface area contributed by atoms with Gasteiger partial charge in [-0.2, -0.15) is 0 Å². The van der Waals surface area contributed by atoms with E-state index in [1.165, 1.54) is 0 Å². The molecule has 1 amide bonds. The number of hydrogen-bond donors (Lipinski definition) is 1. The summed E-state index contributed by atoms with van der Waals surface area (Å²) >= 11 is 0. The average molecular weight is 250 g/mol. The minimum atomic E-state index is -0.158. The molecule has 0 saturated carbocycles. The van der Waals surface area contributed by atoms with Crippen LogP contribution in [0.15, 0.2) is 24.3 Å². The number of nitrogens with zero attached hydrogens (tertiary/aromatic N) is 1. The number of likely N-dealkylation sites (N-methyl/N-ethyl adjacent to an activating group) is 1. The summed E-state index contributed by atoms with van der Waals surface area (Å²) in [5.41, 5.74) is 1.15. The number of para-hydroxylation sites is 1. The number of ether oxygens (including phenoxy) is 1. The van der Waals surface area contributed by atoms with Gasteiger partial charge in [0.1, 0.15) is 5.75 Å². The molecule has 0 aliphatic carbocycles. The van der Waals surface area contributed by atoms with E-state index in [0.29, 0.717) is 0 Å². The van der Waals surface area contributed by atoms with E-state index in [0.717, 1.165) is 24.3 Å². The van der Waals surface area contributed by atoms with Crippen molar-refractivity contribution in [3.63, 3.8) is 0 Å². The summed E-state index contributed by atoms with van der Waals surface area (Å²) in [7, 11) is 5.20. The third-order valence-electron chi connectivity index (χ3n) is 2.85. The first-order chi connectivity index (χ1) is 8.56. The molecular formula is C14H22N2O2. The van der Waals surface area contributed by atoms with Crippen LogP contribution >= 0.6 is 0 Å². The van der Waals surface area contributed by atoms with Crippen LogP contribution in [0.2, 0.25) is 0 Å². The van der Waals surface area contributed by atoms with Gasteiger partial charge in [-0.3, -0.25) is 4.79 Å². The van der Waals surface area contributed by atoms with Gasteiger partial charge in [0.05, 0.1) is 13.2 Å². The maximum absolute atomic E-state index is 11.6. The number of methoxy groups -OCH3 is 1. The van der Waals surface area contributed by atoms with E-state index < -0.39 is 0 Å². The van der Waals surface area contributed by atoms with Gasteiger partial charge in [0, 0.05) is 20.6 Å². The van der Waals surface area contributed by atoms with Crippen LogP contribution in [0, 0.1) is 0 Å². The normalized spacial score (nSPS) is 12.0. The topological polar surface area (TPSA) is 41.6 Å². The molecule has 0 aliphatic heterocycles.